The Morgan fingerprint density at radius 1 is 1.53 bits per heavy atom. The molecule has 0 aliphatic carbocycles. The number of hydrogen-bond donors (Lipinski definition) is 1. The van der Waals surface area contributed by atoms with Crippen molar-refractivity contribution in [1.82, 2.24) is 0 Å². The third-order valence-electron chi connectivity index (χ3n) is 1.95. The van der Waals surface area contributed by atoms with Crippen LogP contribution in [0.2, 0.25) is 0 Å². The van der Waals surface area contributed by atoms with Crippen LogP contribution in [0.5, 0.6) is 0 Å². The van der Waals surface area contributed by atoms with Crippen LogP contribution in [0.25, 0.3) is 0 Å². The van der Waals surface area contributed by atoms with E-state index in [0.29, 0.717) is 14.8 Å². The van der Waals surface area contributed by atoms with Gasteiger partial charge in [0, 0.05) is 21.3 Å². The van der Waals surface area contributed by atoms with Gasteiger partial charge in [0.15, 0.2) is 0 Å². The largest absolute Gasteiger partial charge is 0.444 e. The van der Waals surface area contributed by atoms with E-state index in [1.54, 1.807) is 0 Å². The summed E-state index contributed by atoms with van der Waals surface area (Å²) in [6.07, 6.45) is -0.533. The summed E-state index contributed by atoms with van der Waals surface area (Å²) in [4.78, 5) is 21.0. The van der Waals surface area contributed by atoms with Crippen molar-refractivity contribution in [3.05, 3.63) is 31.4 Å². The van der Waals surface area contributed by atoms with E-state index in [2.05, 4.69) is 5.32 Å². The molecule has 0 saturated heterocycles. The molecule has 1 aromatic carbocycles. The molecule has 15 heavy (non-hydrogen) atoms. The monoisotopic (exact) mass is 320 g/mol. The molecule has 0 unspecified atom stereocenters. The maximum absolute atomic E-state index is 10.9. The number of nitrogens with one attached hydrogen (secondary N) is 1. The smallest absolute Gasteiger partial charge is 0.412 e. The predicted molar refractivity (Wildman–Crippen MR) is 59.6 cm³/mol. The van der Waals surface area contributed by atoms with Crippen LogP contribution in [-0.2, 0) is 11.3 Å². The molecule has 0 atom stereocenters. The van der Waals surface area contributed by atoms with Gasteiger partial charge in [0.25, 0.3) is 5.69 Å². The zero-order valence-corrected chi connectivity index (χ0v) is 9.48. The summed E-state index contributed by atoms with van der Waals surface area (Å²) in [7, 11) is 0. The molecular formula is C8H5IN2O4. The van der Waals surface area contributed by atoms with Gasteiger partial charge >= 0.3 is 6.09 Å². The molecule has 1 aromatic rings. The summed E-state index contributed by atoms with van der Waals surface area (Å²) in [6.45, 7) is 0.0683. The molecule has 1 aliphatic rings. The van der Waals surface area contributed by atoms with Gasteiger partial charge in [-0.1, -0.05) is 0 Å². The summed E-state index contributed by atoms with van der Waals surface area (Å²) in [5, 5.41) is 13.1. The van der Waals surface area contributed by atoms with Crippen LogP contribution < -0.4 is 5.32 Å². The van der Waals surface area contributed by atoms with Gasteiger partial charge < -0.3 is 4.74 Å². The van der Waals surface area contributed by atoms with Gasteiger partial charge in [-0.05, 0) is 22.6 Å². The first-order valence-electron chi connectivity index (χ1n) is 3.98. The number of nitro benzene ring substituents is 1. The molecule has 0 radical (unpaired) electrons. The SMILES string of the molecule is O=C1Nc2c(I)cc([N+](=O)[O-])cc2CO1. The first-order chi connectivity index (χ1) is 7.08. The maximum Gasteiger partial charge on any atom is 0.412 e. The van der Waals surface area contributed by atoms with Crippen LogP contribution in [-0.4, -0.2) is 11.0 Å². The van der Waals surface area contributed by atoms with Crippen molar-refractivity contribution >= 4 is 40.1 Å². The zero-order chi connectivity index (χ0) is 11.0. The normalized spacial score (nSPS) is 13.8. The first-order valence-corrected chi connectivity index (χ1v) is 5.06. The zero-order valence-electron chi connectivity index (χ0n) is 7.32. The van der Waals surface area contributed by atoms with Crippen LogP contribution in [0.3, 0.4) is 0 Å². The third-order valence-corrected chi connectivity index (χ3v) is 2.80. The standard InChI is InChI=1S/C8H5IN2O4/c9-6-2-5(11(13)14)1-4-3-15-8(12)10-7(4)6/h1-2H,3H2,(H,10,12). The molecule has 0 spiro atoms. The number of carbonyl (C=O) groups is 1. The van der Waals surface area contributed by atoms with Crippen molar-refractivity contribution in [3.8, 4) is 0 Å². The van der Waals surface area contributed by atoms with E-state index in [4.69, 9.17) is 4.74 Å². The number of anilines is 1. The Labute approximate surface area is 97.9 Å². The number of cyclic esters (lactones) is 1. The number of halogens is 1. The van der Waals surface area contributed by atoms with E-state index in [1.165, 1.54) is 12.1 Å². The van der Waals surface area contributed by atoms with E-state index in [0.717, 1.165) is 0 Å². The number of ether oxygens (including phenoxy) is 1. The first kappa shape index (κ1) is 10.1. The van der Waals surface area contributed by atoms with Gasteiger partial charge in [-0.3, -0.25) is 15.4 Å². The molecule has 0 aromatic heterocycles. The van der Waals surface area contributed by atoms with E-state index < -0.39 is 11.0 Å². The van der Waals surface area contributed by atoms with Crippen LogP contribution in [0.1, 0.15) is 5.56 Å². The number of carbonyl (C=O) groups excluding carboxylic acids is 1. The average Bonchev–Trinajstić information content (AvgIpc) is 2.18. The van der Waals surface area contributed by atoms with Crippen LogP contribution in [0.4, 0.5) is 16.2 Å². The summed E-state index contributed by atoms with van der Waals surface area (Å²) in [6, 6.07) is 2.81. The quantitative estimate of drug-likeness (QED) is 0.489. The van der Waals surface area contributed by atoms with E-state index >= 15 is 0 Å². The molecule has 0 bridgehead atoms. The van der Waals surface area contributed by atoms with Crippen LogP contribution >= 0.6 is 22.6 Å². The Kier molecular flexibility index (Phi) is 2.47. The molecule has 1 aliphatic heterocycles. The minimum absolute atomic E-state index is 0.00195. The van der Waals surface area contributed by atoms with Crippen LogP contribution in [0, 0.1) is 13.7 Å². The number of nitro groups is 1. The Balaban J connectivity index is 2.52. The minimum atomic E-state index is -0.533. The lowest BCUT2D eigenvalue weighted by molar-refractivity contribution is -0.385. The van der Waals surface area contributed by atoms with Gasteiger partial charge in [0.05, 0.1) is 10.6 Å². The van der Waals surface area contributed by atoms with Gasteiger partial charge in [0.2, 0.25) is 0 Å². The number of hydrogen-bond acceptors (Lipinski definition) is 4. The highest BCUT2D eigenvalue weighted by Gasteiger charge is 2.21. The van der Waals surface area contributed by atoms with Crippen LogP contribution in [0.15, 0.2) is 12.1 Å². The third kappa shape index (κ3) is 1.87. The average molecular weight is 320 g/mol. The van der Waals surface area contributed by atoms with Gasteiger partial charge in [-0.2, -0.15) is 0 Å². The second-order valence-corrected chi connectivity index (χ2v) is 4.08. The Hall–Kier alpha value is -1.38. The van der Waals surface area contributed by atoms with Crippen molar-refractivity contribution in [2.75, 3.05) is 5.32 Å². The van der Waals surface area contributed by atoms with E-state index in [-0.39, 0.29) is 12.3 Å². The lowest BCUT2D eigenvalue weighted by atomic mass is 10.1. The molecule has 1 heterocycles. The highest BCUT2D eigenvalue weighted by atomic mass is 127. The molecule has 0 fully saturated rings. The molecule has 1 amide bonds. The van der Waals surface area contributed by atoms with Crippen molar-refractivity contribution in [2.45, 2.75) is 6.61 Å². The van der Waals surface area contributed by atoms with Crippen molar-refractivity contribution in [1.29, 1.82) is 0 Å². The summed E-state index contributed by atoms with van der Waals surface area (Å²) in [5.41, 5.74) is 1.21. The highest BCUT2D eigenvalue weighted by Crippen LogP contribution is 2.31. The van der Waals surface area contributed by atoms with E-state index in [1.807, 2.05) is 22.6 Å². The Morgan fingerprint density at radius 2 is 2.27 bits per heavy atom. The highest BCUT2D eigenvalue weighted by molar-refractivity contribution is 14.1. The van der Waals surface area contributed by atoms with Gasteiger partial charge in [0.1, 0.15) is 6.61 Å². The summed E-state index contributed by atoms with van der Waals surface area (Å²) < 4.78 is 5.35. The predicted octanol–water partition coefficient (Wildman–Crippen LogP) is 2.26. The minimum Gasteiger partial charge on any atom is -0.444 e. The number of fused-ring (bicyclic) bond motifs is 1. The fourth-order valence-electron chi connectivity index (χ4n) is 1.29. The van der Waals surface area contributed by atoms with E-state index in [9.17, 15) is 14.9 Å². The summed E-state index contributed by atoms with van der Waals surface area (Å²) >= 11 is 1.94. The molecule has 0 saturated carbocycles. The maximum atomic E-state index is 10.9. The fourth-order valence-corrected chi connectivity index (χ4v) is 2.09. The number of benzene rings is 1. The van der Waals surface area contributed by atoms with Crippen molar-refractivity contribution < 1.29 is 14.5 Å². The molecule has 1 N–H and O–H groups in total. The second kappa shape index (κ2) is 3.65. The number of amides is 1. The lowest BCUT2D eigenvalue weighted by Crippen LogP contribution is -2.21. The molecule has 78 valence electrons. The Morgan fingerprint density at radius 3 is 2.93 bits per heavy atom. The van der Waals surface area contributed by atoms with Gasteiger partial charge in [-0.25, -0.2) is 4.79 Å². The summed E-state index contributed by atoms with van der Waals surface area (Å²) in [5.74, 6) is 0. The van der Waals surface area contributed by atoms with Crippen molar-refractivity contribution in [3.63, 3.8) is 0 Å². The number of nitrogens with zero attached hydrogens (tertiary/aromatic N) is 1. The number of non-ortho nitro benzene ring substituents is 1. The molecule has 7 heteroatoms. The number of rotatable bonds is 1. The lowest BCUT2D eigenvalue weighted by Gasteiger charge is -2.18. The molecule has 2 rings (SSSR count). The second-order valence-electron chi connectivity index (χ2n) is 2.92. The Bertz CT molecular complexity index is 460. The molecular weight excluding hydrogens is 315 g/mol. The topological polar surface area (TPSA) is 81.5 Å². The fraction of sp³-hybridized carbons (Fsp3) is 0.125. The van der Waals surface area contributed by atoms with Gasteiger partial charge in [-0.15, -0.1) is 0 Å². The molecule has 6 nitrogen and oxygen atoms in total. The van der Waals surface area contributed by atoms with Crippen molar-refractivity contribution in [2.24, 2.45) is 0 Å².